The van der Waals surface area contributed by atoms with Gasteiger partial charge >= 0.3 is 0 Å². The van der Waals surface area contributed by atoms with Crippen molar-refractivity contribution in [2.45, 2.75) is 0 Å². The highest BCUT2D eigenvalue weighted by atomic mass is 16.5. The second-order valence-electron chi connectivity index (χ2n) is 6.40. The highest BCUT2D eigenvalue weighted by Crippen LogP contribution is 2.44. The SMILES string of the molecule is COc1ccc(-c2cc(=O)c3c(O)cc(O)c(-c4ccccc4OC)c3o2)cc1. The van der Waals surface area contributed by atoms with Gasteiger partial charge < -0.3 is 24.1 Å². The van der Waals surface area contributed by atoms with E-state index < -0.39 is 5.43 Å². The van der Waals surface area contributed by atoms with Gasteiger partial charge in [0.25, 0.3) is 0 Å². The van der Waals surface area contributed by atoms with Crippen LogP contribution in [0, 0.1) is 0 Å². The molecule has 4 aromatic rings. The summed E-state index contributed by atoms with van der Waals surface area (Å²) in [4.78, 5) is 12.8. The summed E-state index contributed by atoms with van der Waals surface area (Å²) in [6.07, 6.45) is 0. The van der Waals surface area contributed by atoms with E-state index in [1.807, 2.05) is 0 Å². The number of phenolic OH excluding ortho intramolecular Hbond substituents is 2. The lowest BCUT2D eigenvalue weighted by Crippen LogP contribution is -2.02. The van der Waals surface area contributed by atoms with Crippen molar-refractivity contribution in [3.05, 3.63) is 70.9 Å². The fraction of sp³-hybridized carbons (Fsp3) is 0.0870. The Morgan fingerprint density at radius 2 is 1.59 bits per heavy atom. The summed E-state index contributed by atoms with van der Waals surface area (Å²) in [6, 6.07) is 16.5. The van der Waals surface area contributed by atoms with Crippen molar-refractivity contribution in [3.8, 4) is 45.4 Å². The predicted octanol–water partition coefficient (Wildman–Crippen LogP) is 4.56. The molecule has 0 fully saturated rings. The molecular formula is C23H18O6. The molecule has 146 valence electrons. The maximum Gasteiger partial charge on any atom is 0.197 e. The predicted molar refractivity (Wildman–Crippen MR) is 110 cm³/mol. The summed E-state index contributed by atoms with van der Waals surface area (Å²) in [7, 11) is 3.08. The first-order chi connectivity index (χ1) is 14.0. The Morgan fingerprint density at radius 3 is 2.28 bits per heavy atom. The maximum absolute atomic E-state index is 12.8. The van der Waals surface area contributed by atoms with Gasteiger partial charge in [0.2, 0.25) is 0 Å². The van der Waals surface area contributed by atoms with Crippen LogP contribution in [-0.4, -0.2) is 24.4 Å². The van der Waals surface area contributed by atoms with Crippen LogP contribution in [0.15, 0.2) is 69.9 Å². The Balaban J connectivity index is 2.06. The number of fused-ring (bicyclic) bond motifs is 1. The molecule has 0 radical (unpaired) electrons. The van der Waals surface area contributed by atoms with Crippen LogP contribution >= 0.6 is 0 Å². The van der Waals surface area contributed by atoms with Crippen molar-refractivity contribution in [2.24, 2.45) is 0 Å². The molecule has 1 heterocycles. The standard InChI is InChI=1S/C23H18O6/c1-27-14-9-7-13(8-10-14)20-12-18(26)22-17(25)11-16(24)21(23(22)29-20)15-5-3-4-6-19(15)28-2/h3-12,24-25H,1-2H3. The smallest absolute Gasteiger partial charge is 0.197 e. The van der Waals surface area contributed by atoms with Crippen molar-refractivity contribution in [1.82, 2.24) is 0 Å². The van der Waals surface area contributed by atoms with Gasteiger partial charge in [-0.25, -0.2) is 0 Å². The van der Waals surface area contributed by atoms with Crippen molar-refractivity contribution >= 4 is 11.0 Å². The maximum atomic E-state index is 12.8. The molecule has 0 aliphatic rings. The van der Waals surface area contributed by atoms with E-state index in [4.69, 9.17) is 13.9 Å². The second-order valence-corrected chi connectivity index (χ2v) is 6.40. The molecule has 0 aliphatic heterocycles. The highest BCUT2D eigenvalue weighted by Gasteiger charge is 2.21. The Kier molecular flexibility index (Phi) is 4.60. The number of methoxy groups -OCH3 is 2. The minimum atomic E-state index is -0.425. The molecule has 6 heteroatoms. The molecule has 6 nitrogen and oxygen atoms in total. The average Bonchev–Trinajstić information content (AvgIpc) is 2.73. The zero-order valence-electron chi connectivity index (χ0n) is 15.8. The molecule has 2 N–H and O–H groups in total. The van der Waals surface area contributed by atoms with Crippen LogP contribution < -0.4 is 14.9 Å². The zero-order valence-corrected chi connectivity index (χ0v) is 15.8. The molecular weight excluding hydrogens is 372 g/mol. The molecule has 0 bridgehead atoms. The van der Waals surface area contributed by atoms with E-state index in [1.165, 1.54) is 13.2 Å². The molecule has 0 aliphatic carbocycles. The van der Waals surface area contributed by atoms with Crippen LogP contribution in [0.2, 0.25) is 0 Å². The summed E-state index contributed by atoms with van der Waals surface area (Å²) in [5, 5.41) is 20.9. The molecule has 0 amide bonds. The van der Waals surface area contributed by atoms with E-state index in [2.05, 4.69) is 0 Å². The molecule has 29 heavy (non-hydrogen) atoms. The number of para-hydroxylation sites is 1. The minimum Gasteiger partial charge on any atom is -0.507 e. The van der Waals surface area contributed by atoms with Crippen LogP contribution in [0.3, 0.4) is 0 Å². The van der Waals surface area contributed by atoms with Crippen LogP contribution in [0.25, 0.3) is 33.4 Å². The van der Waals surface area contributed by atoms with Gasteiger partial charge in [0.05, 0.1) is 19.8 Å². The van der Waals surface area contributed by atoms with Crippen LogP contribution in [0.4, 0.5) is 0 Å². The molecule has 1 aromatic heterocycles. The molecule has 4 rings (SSSR count). The van der Waals surface area contributed by atoms with E-state index in [0.29, 0.717) is 28.4 Å². The minimum absolute atomic E-state index is 0.0130. The molecule has 0 saturated carbocycles. The summed E-state index contributed by atoms with van der Waals surface area (Å²) in [5.41, 5.74) is 1.10. The van der Waals surface area contributed by atoms with E-state index in [1.54, 1.807) is 55.6 Å². The van der Waals surface area contributed by atoms with E-state index in [9.17, 15) is 15.0 Å². The molecule has 0 unspecified atom stereocenters. The van der Waals surface area contributed by atoms with Gasteiger partial charge in [0.15, 0.2) is 11.0 Å². The first kappa shape index (κ1) is 18.4. The van der Waals surface area contributed by atoms with Crippen molar-refractivity contribution in [3.63, 3.8) is 0 Å². The van der Waals surface area contributed by atoms with Gasteiger partial charge in [0.1, 0.15) is 34.1 Å². The number of aromatic hydroxyl groups is 2. The second kappa shape index (κ2) is 7.24. The largest absolute Gasteiger partial charge is 0.507 e. The zero-order chi connectivity index (χ0) is 20.5. The van der Waals surface area contributed by atoms with E-state index >= 15 is 0 Å². The Labute approximate surface area is 166 Å². The summed E-state index contributed by atoms with van der Waals surface area (Å²) >= 11 is 0. The quantitative estimate of drug-likeness (QED) is 0.531. The highest BCUT2D eigenvalue weighted by molar-refractivity contribution is 6.00. The van der Waals surface area contributed by atoms with Gasteiger partial charge in [-0.2, -0.15) is 0 Å². The topological polar surface area (TPSA) is 89.1 Å². The third-order valence-electron chi connectivity index (χ3n) is 4.71. The fourth-order valence-electron chi connectivity index (χ4n) is 3.31. The Hall–Kier alpha value is -3.93. The van der Waals surface area contributed by atoms with Crippen molar-refractivity contribution in [1.29, 1.82) is 0 Å². The average molecular weight is 390 g/mol. The third kappa shape index (κ3) is 3.14. The van der Waals surface area contributed by atoms with E-state index in [0.717, 1.165) is 6.07 Å². The number of hydrogen-bond acceptors (Lipinski definition) is 6. The number of rotatable bonds is 4. The molecule has 0 atom stereocenters. The number of phenols is 2. The van der Waals surface area contributed by atoms with Crippen molar-refractivity contribution < 1.29 is 24.1 Å². The Morgan fingerprint density at radius 1 is 0.862 bits per heavy atom. The van der Waals surface area contributed by atoms with Crippen molar-refractivity contribution in [2.75, 3.05) is 14.2 Å². The number of ether oxygens (including phenoxy) is 2. The molecule has 0 saturated heterocycles. The first-order valence-corrected chi connectivity index (χ1v) is 8.84. The molecule has 3 aromatic carbocycles. The third-order valence-corrected chi connectivity index (χ3v) is 4.71. The Bertz CT molecular complexity index is 1260. The lowest BCUT2D eigenvalue weighted by molar-refractivity contribution is 0.415. The first-order valence-electron chi connectivity index (χ1n) is 8.84. The van der Waals surface area contributed by atoms with Crippen LogP contribution in [0.5, 0.6) is 23.0 Å². The van der Waals surface area contributed by atoms with Gasteiger partial charge in [-0.15, -0.1) is 0 Å². The summed E-state index contributed by atoms with van der Waals surface area (Å²) < 4.78 is 16.6. The van der Waals surface area contributed by atoms with Gasteiger partial charge in [0, 0.05) is 23.3 Å². The van der Waals surface area contributed by atoms with Gasteiger partial charge in [-0.05, 0) is 30.3 Å². The summed E-state index contributed by atoms with van der Waals surface area (Å²) in [6.45, 7) is 0. The van der Waals surface area contributed by atoms with Crippen LogP contribution in [-0.2, 0) is 0 Å². The monoisotopic (exact) mass is 390 g/mol. The normalized spacial score (nSPS) is 10.8. The van der Waals surface area contributed by atoms with Gasteiger partial charge in [-0.1, -0.05) is 18.2 Å². The summed E-state index contributed by atoms with van der Waals surface area (Å²) in [5.74, 6) is 0.876. The number of benzene rings is 3. The lowest BCUT2D eigenvalue weighted by Gasteiger charge is -2.14. The van der Waals surface area contributed by atoms with Crippen LogP contribution in [0.1, 0.15) is 0 Å². The number of hydrogen-bond donors (Lipinski definition) is 2. The molecule has 0 spiro atoms. The lowest BCUT2D eigenvalue weighted by atomic mass is 9.99. The van der Waals surface area contributed by atoms with E-state index in [-0.39, 0.29) is 28.0 Å². The van der Waals surface area contributed by atoms with Gasteiger partial charge in [-0.3, -0.25) is 4.79 Å². The fourth-order valence-corrected chi connectivity index (χ4v) is 3.31.